The van der Waals surface area contributed by atoms with E-state index in [9.17, 15) is 4.79 Å². The van der Waals surface area contributed by atoms with Crippen molar-refractivity contribution >= 4 is 52.4 Å². The van der Waals surface area contributed by atoms with Crippen molar-refractivity contribution in [1.82, 2.24) is 0 Å². The van der Waals surface area contributed by atoms with Crippen LogP contribution in [-0.2, 0) is 9.53 Å². The van der Waals surface area contributed by atoms with Gasteiger partial charge in [-0.2, -0.15) is 0 Å². The summed E-state index contributed by atoms with van der Waals surface area (Å²) in [7, 11) is 0. The number of carbonyl (C=O) groups is 1. The van der Waals surface area contributed by atoms with Gasteiger partial charge in [0.1, 0.15) is 0 Å². The van der Waals surface area contributed by atoms with Crippen LogP contribution in [0.15, 0.2) is 24.3 Å². The quantitative estimate of drug-likeness (QED) is 0.506. The first kappa shape index (κ1) is 12.2. The minimum absolute atomic E-state index is 0.0502. The number of hydrogen-bond acceptors (Lipinski definition) is 2. The number of alkyl halides is 4. The van der Waals surface area contributed by atoms with Crippen LogP contribution >= 0.6 is 46.4 Å². The fourth-order valence-corrected chi connectivity index (χ4v) is 4.86. The van der Waals surface area contributed by atoms with Crippen molar-refractivity contribution in [2.24, 2.45) is 11.8 Å². The van der Waals surface area contributed by atoms with Gasteiger partial charge < -0.3 is 4.74 Å². The predicted octanol–water partition coefficient (Wildman–Crippen LogP) is 3.39. The predicted molar refractivity (Wildman–Crippen MR) is 67.6 cm³/mol. The number of allylic oxidation sites excluding steroid dienone is 3. The first-order valence-corrected chi connectivity index (χ1v) is 6.69. The first-order valence-electron chi connectivity index (χ1n) is 5.18. The Labute approximate surface area is 118 Å². The average Bonchev–Trinajstić information content (AvgIpc) is 2.49. The van der Waals surface area contributed by atoms with Crippen LogP contribution in [0.3, 0.4) is 0 Å². The van der Waals surface area contributed by atoms with Gasteiger partial charge >= 0.3 is 5.97 Å². The molecule has 1 saturated carbocycles. The number of fused-ring (bicyclic) bond motifs is 2. The van der Waals surface area contributed by atoms with Crippen LogP contribution in [0.1, 0.15) is 6.42 Å². The fourth-order valence-electron chi connectivity index (χ4n) is 2.90. The summed E-state index contributed by atoms with van der Waals surface area (Å²) in [5.41, 5.74) is -1.23. The van der Waals surface area contributed by atoms with Gasteiger partial charge in [-0.25, -0.2) is 4.79 Å². The van der Waals surface area contributed by atoms with E-state index in [2.05, 4.69) is 0 Å². The number of carbonyl (C=O) groups excluding carboxylic acids is 1. The van der Waals surface area contributed by atoms with Crippen LogP contribution in [0.25, 0.3) is 0 Å². The summed E-state index contributed by atoms with van der Waals surface area (Å²) in [6.07, 6.45) is 8.33. The molecule has 1 heterocycles. The molecule has 3 rings (SSSR count). The van der Waals surface area contributed by atoms with E-state index in [4.69, 9.17) is 51.1 Å². The second-order valence-corrected chi connectivity index (χ2v) is 7.22. The maximum Gasteiger partial charge on any atom is 0.347 e. The van der Waals surface area contributed by atoms with Crippen molar-refractivity contribution < 1.29 is 9.53 Å². The Morgan fingerprint density at radius 1 is 1.24 bits per heavy atom. The van der Waals surface area contributed by atoms with E-state index in [1.807, 2.05) is 24.3 Å². The average molecular weight is 314 g/mol. The first-order chi connectivity index (χ1) is 7.86. The fraction of sp³-hybridized carbons (Fsp3) is 0.545. The molecular formula is C11H8Cl4O2. The van der Waals surface area contributed by atoms with Crippen molar-refractivity contribution in [3.05, 3.63) is 24.3 Å². The Bertz CT molecular complexity index is 454. The van der Waals surface area contributed by atoms with E-state index < -0.39 is 20.2 Å². The molecule has 0 amide bonds. The lowest BCUT2D eigenvalue weighted by molar-refractivity contribution is -0.241. The zero-order chi connectivity index (χ0) is 12.5. The molecule has 0 bridgehead atoms. The van der Waals surface area contributed by atoms with E-state index >= 15 is 0 Å². The molecule has 2 aliphatic carbocycles. The third kappa shape index (κ3) is 1.14. The molecule has 92 valence electrons. The van der Waals surface area contributed by atoms with E-state index in [0.29, 0.717) is 6.42 Å². The standard InChI is InChI=1S/C11H8Cl4O2/c12-10(13)7-5-3-1-2-4-6(7)9(10)11(14,15)8(16)17-9/h1-4,6-7H,5H2/t6-,7+,9-/m1/s1. The normalized spacial score (nSPS) is 44.4. The molecule has 1 spiro atoms. The minimum Gasteiger partial charge on any atom is -0.449 e. The van der Waals surface area contributed by atoms with Crippen LogP contribution in [0.4, 0.5) is 0 Å². The molecule has 3 atom stereocenters. The maximum absolute atomic E-state index is 11.4. The summed E-state index contributed by atoms with van der Waals surface area (Å²) in [5, 5.41) is 0. The molecule has 1 saturated heterocycles. The Hall–Kier alpha value is 0.110. The number of halogens is 4. The van der Waals surface area contributed by atoms with Gasteiger partial charge in [0.15, 0.2) is 9.93 Å². The summed E-state index contributed by atoms with van der Waals surface area (Å²) in [5.74, 6) is -0.887. The topological polar surface area (TPSA) is 26.3 Å². The molecule has 0 aromatic carbocycles. The van der Waals surface area contributed by atoms with E-state index in [1.165, 1.54) is 0 Å². The Morgan fingerprint density at radius 2 is 1.94 bits per heavy atom. The van der Waals surface area contributed by atoms with Crippen LogP contribution in [-0.4, -0.2) is 20.2 Å². The Balaban J connectivity index is 2.05. The van der Waals surface area contributed by atoms with Gasteiger partial charge in [0.05, 0.1) is 0 Å². The van der Waals surface area contributed by atoms with Gasteiger partial charge in [-0.3, -0.25) is 0 Å². The highest BCUT2D eigenvalue weighted by molar-refractivity contribution is 6.63. The smallest absolute Gasteiger partial charge is 0.347 e. The van der Waals surface area contributed by atoms with Gasteiger partial charge in [0, 0.05) is 11.8 Å². The van der Waals surface area contributed by atoms with E-state index in [0.717, 1.165) is 0 Å². The minimum atomic E-state index is -1.67. The molecule has 17 heavy (non-hydrogen) atoms. The zero-order valence-electron chi connectivity index (χ0n) is 8.50. The van der Waals surface area contributed by atoms with Crippen LogP contribution in [0.5, 0.6) is 0 Å². The van der Waals surface area contributed by atoms with Gasteiger partial charge in [-0.1, -0.05) is 70.7 Å². The lowest BCUT2D eigenvalue weighted by atomic mass is 9.55. The van der Waals surface area contributed by atoms with Gasteiger partial charge in [0.2, 0.25) is 0 Å². The number of esters is 1. The van der Waals surface area contributed by atoms with Crippen molar-refractivity contribution in [1.29, 1.82) is 0 Å². The molecule has 3 aliphatic rings. The highest BCUT2D eigenvalue weighted by atomic mass is 35.5. The summed E-state index contributed by atoms with van der Waals surface area (Å²) in [6.45, 7) is 0. The van der Waals surface area contributed by atoms with E-state index in [-0.39, 0.29) is 11.8 Å². The molecule has 2 nitrogen and oxygen atoms in total. The van der Waals surface area contributed by atoms with E-state index in [1.54, 1.807) is 0 Å². The lowest BCUT2D eigenvalue weighted by Crippen LogP contribution is -2.85. The summed E-state index contributed by atoms with van der Waals surface area (Å²) in [4.78, 5) is 11.4. The zero-order valence-corrected chi connectivity index (χ0v) is 11.5. The lowest BCUT2D eigenvalue weighted by Gasteiger charge is -2.68. The highest BCUT2D eigenvalue weighted by Crippen LogP contribution is 2.73. The summed E-state index contributed by atoms with van der Waals surface area (Å²) >= 11 is 24.7. The largest absolute Gasteiger partial charge is 0.449 e. The van der Waals surface area contributed by atoms with Crippen LogP contribution in [0.2, 0.25) is 0 Å². The van der Waals surface area contributed by atoms with Gasteiger partial charge in [-0.15, -0.1) is 0 Å². The monoisotopic (exact) mass is 312 g/mol. The second kappa shape index (κ2) is 3.36. The molecular weight excluding hydrogens is 306 g/mol. The Kier molecular flexibility index (Phi) is 2.40. The molecule has 0 N–H and O–H groups in total. The number of ether oxygens (including phenoxy) is 1. The molecule has 1 aliphatic heterocycles. The molecule has 0 aromatic heterocycles. The van der Waals surface area contributed by atoms with Gasteiger partial charge in [0.25, 0.3) is 4.33 Å². The van der Waals surface area contributed by atoms with Crippen molar-refractivity contribution in [2.75, 3.05) is 0 Å². The maximum atomic E-state index is 11.4. The van der Waals surface area contributed by atoms with Crippen molar-refractivity contribution in [3.8, 4) is 0 Å². The molecule has 0 unspecified atom stereocenters. The molecule has 2 fully saturated rings. The molecule has 6 heteroatoms. The molecule has 0 aromatic rings. The van der Waals surface area contributed by atoms with Crippen LogP contribution in [0, 0.1) is 11.8 Å². The second-order valence-electron chi connectivity index (χ2n) is 4.50. The number of rotatable bonds is 0. The Morgan fingerprint density at radius 3 is 2.53 bits per heavy atom. The van der Waals surface area contributed by atoms with Crippen molar-refractivity contribution in [2.45, 2.75) is 20.7 Å². The number of hydrogen-bond donors (Lipinski definition) is 0. The van der Waals surface area contributed by atoms with Gasteiger partial charge in [-0.05, 0) is 6.42 Å². The highest BCUT2D eigenvalue weighted by Gasteiger charge is 2.87. The summed E-state index contributed by atoms with van der Waals surface area (Å²) in [6, 6.07) is 0. The molecule has 0 radical (unpaired) electrons. The summed E-state index contributed by atoms with van der Waals surface area (Å²) < 4.78 is 2.24. The SMILES string of the molecule is O=C1O[C@@]2([C@@H]3C=CC=CC[C@@H]3C2(Cl)Cl)C1(Cl)Cl. The van der Waals surface area contributed by atoms with Crippen molar-refractivity contribution in [3.63, 3.8) is 0 Å². The third-order valence-electron chi connectivity index (χ3n) is 3.80. The van der Waals surface area contributed by atoms with Crippen LogP contribution < -0.4 is 0 Å². The third-order valence-corrected chi connectivity index (χ3v) is 5.79.